The first-order valence-electron chi connectivity index (χ1n) is 6.10. The van der Waals surface area contributed by atoms with E-state index in [0.717, 1.165) is 11.2 Å². The number of carbonyl (C=O) groups is 2. The molecule has 1 rings (SSSR count). The largest absolute Gasteiger partial charge is 0.480 e. The van der Waals surface area contributed by atoms with Gasteiger partial charge < -0.3 is 20.4 Å². The minimum absolute atomic E-state index is 0.0295. The summed E-state index contributed by atoms with van der Waals surface area (Å²) >= 11 is 0. The maximum atomic E-state index is 11.9. The molecular formula is C11H20N2O6S. The number of carboxylic acid groups (broad SMARTS) is 1. The lowest BCUT2D eigenvalue weighted by atomic mass is 10.2. The summed E-state index contributed by atoms with van der Waals surface area (Å²) in [6.45, 7) is 2.72. The Hall–Kier alpha value is -1.35. The van der Waals surface area contributed by atoms with Crippen molar-refractivity contribution in [1.29, 1.82) is 0 Å². The van der Waals surface area contributed by atoms with Crippen molar-refractivity contribution in [2.75, 3.05) is 19.3 Å². The van der Waals surface area contributed by atoms with Gasteiger partial charge in [-0.3, -0.25) is 0 Å². The fourth-order valence-corrected chi connectivity index (χ4v) is 2.13. The number of nitrogens with zero attached hydrogens (tertiary/aromatic N) is 1. The van der Waals surface area contributed by atoms with E-state index in [-0.39, 0.29) is 19.5 Å². The number of hydrogen-bond donors (Lipinski definition) is 3. The number of aliphatic carboxylic acids is 1. The molecule has 0 bridgehead atoms. The lowest BCUT2D eigenvalue weighted by molar-refractivity contribution is -0.141. The highest BCUT2D eigenvalue weighted by atomic mass is 32.2. The van der Waals surface area contributed by atoms with Gasteiger partial charge >= 0.3 is 12.0 Å². The van der Waals surface area contributed by atoms with Gasteiger partial charge in [-0.2, -0.15) is 0 Å². The van der Waals surface area contributed by atoms with E-state index >= 15 is 0 Å². The van der Waals surface area contributed by atoms with Gasteiger partial charge in [0, 0.05) is 25.8 Å². The number of carbonyl (C=O) groups excluding carboxylic acids is 1. The highest BCUT2D eigenvalue weighted by molar-refractivity contribution is 7.92. The number of aliphatic hydroxyl groups is 1. The highest BCUT2D eigenvalue weighted by Gasteiger charge is 2.40. The summed E-state index contributed by atoms with van der Waals surface area (Å²) in [7, 11) is -3.36. The SMILES string of the molecule is CC(C)(CNC(=O)N1C[C@H](O)C[C@@H]1C(=O)O)S(C)(=O)=O. The molecule has 1 aliphatic heterocycles. The summed E-state index contributed by atoms with van der Waals surface area (Å²) in [5.41, 5.74) is 0. The van der Waals surface area contributed by atoms with Crippen molar-refractivity contribution >= 4 is 21.8 Å². The van der Waals surface area contributed by atoms with Gasteiger partial charge in [-0.15, -0.1) is 0 Å². The molecule has 0 spiro atoms. The zero-order chi connectivity index (χ0) is 15.7. The van der Waals surface area contributed by atoms with Crippen LogP contribution in [0.4, 0.5) is 4.79 Å². The molecule has 1 saturated heterocycles. The van der Waals surface area contributed by atoms with Crippen LogP contribution in [0.25, 0.3) is 0 Å². The second kappa shape index (κ2) is 5.57. The highest BCUT2D eigenvalue weighted by Crippen LogP contribution is 2.19. The van der Waals surface area contributed by atoms with E-state index in [0.29, 0.717) is 0 Å². The lowest BCUT2D eigenvalue weighted by Crippen LogP contribution is -2.51. The predicted molar refractivity (Wildman–Crippen MR) is 71.1 cm³/mol. The number of carboxylic acids is 1. The monoisotopic (exact) mass is 308 g/mol. The molecule has 116 valence electrons. The van der Waals surface area contributed by atoms with E-state index in [2.05, 4.69) is 5.32 Å². The fraction of sp³-hybridized carbons (Fsp3) is 0.818. The first-order chi connectivity index (χ1) is 8.95. The standard InChI is InChI=1S/C11H20N2O6S/c1-11(2,20(3,18)19)6-12-10(17)13-5-7(14)4-8(13)9(15)16/h7-8,14H,4-6H2,1-3H3,(H,12,17)(H,15,16)/t7-,8-/m1/s1. The van der Waals surface area contributed by atoms with E-state index in [1.807, 2.05) is 0 Å². The third-order valence-corrected chi connectivity index (χ3v) is 5.65. The number of hydrogen-bond acceptors (Lipinski definition) is 5. The zero-order valence-electron chi connectivity index (χ0n) is 11.7. The number of urea groups is 1. The molecule has 2 atom stereocenters. The predicted octanol–water partition coefficient (Wildman–Crippen LogP) is -0.961. The molecule has 0 aromatic rings. The number of aliphatic hydroxyl groups excluding tert-OH is 1. The third kappa shape index (κ3) is 3.60. The summed E-state index contributed by atoms with van der Waals surface area (Å²) in [5.74, 6) is -1.20. The number of rotatable bonds is 4. The quantitative estimate of drug-likeness (QED) is 0.614. The van der Waals surface area contributed by atoms with Crippen LogP contribution in [0.1, 0.15) is 20.3 Å². The second-order valence-corrected chi connectivity index (χ2v) is 8.24. The Bertz CT molecular complexity index is 501. The zero-order valence-corrected chi connectivity index (χ0v) is 12.5. The number of amides is 2. The average molecular weight is 308 g/mol. The summed E-state index contributed by atoms with van der Waals surface area (Å²) in [4.78, 5) is 23.9. The van der Waals surface area contributed by atoms with Gasteiger partial charge in [0.05, 0.1) is 10.9 Å². The molecule has 1 aliphatic rings. The normalized spacial score (nSPS) is 23.7. The van der Waals surface area contributed by atoms with Crippen LogP contribution in [-0.2, 0) is 14.6 Å². The van der Waals surface area contributed by atoms with Gasteiger partial charge in [0.2, 0.25) is 0 Å². The topological polar surface area (TPSA) is 124 Å². The fourth-order valence-electron chi connectivity index (χ4n) is 1.79. The van der Waals surface area contributed by atoms with Crippen LogP contribution in [0, 0.1) is 0 Å². The molecule has 0 aliphatic carbocycles. The maximum Gasteiger partial charge on any atom is 0.326 e. The van der Waals surface area contributed by atoms with Gasteiger partial charge in [0.1, 0.15) is 6.04 Å². The summed E-state index contributed by atoms with van der Waals surface area (Å²) in [6, 6.07) is -1.78. The van der Waals surface area contributed by atoms with Crippen molar-refractivity contribution in [2.24, 2.45) is 0 Å². The molecule has 8 nitrogen and oxygen atoms in total. The molecule has 0 saturated carbocycles. The number of likely N-dealkylation sites (tertiary alicyclic amines) is 1. The van der Waals surface area contributed by atoms with Crippen molar-refractivity contribution in [3.05, 3.63) is 0 Å². The molecule has 0 unspecified atom stereocenters. The minimum atomic E-state index is -3.36. The first-order valence-corrected chi connectivity index (χ1v) is 8.00. The molecule has 0 aromatic heterocycles. The van der Waals surface area contributed by atoms with Crippen molar-refractivity contribution in [2.45, 2.75) is 37.2 Å². The van der Waals surface area contributed by atoms with Gasteiger partial charge in [0.25, 0.3) is 0 Å². The van der Waals surface area contributed by atoms with Crippen LogP contribution < -0.4 is 5.32 Å². The van der Waals surface area contributed by atoms with Crippen LogP contribution in [0.5, 0.6) is 0 Å². The number of β-amino-alcohol motifs (C(OH)–C–C–N with tert-alkyl or cyclic N) is 1. The van der Waals surface area contributed by atoms with Crippen molar-refractivity contribution in [3.8, 4) is 0 Å². The third-order valence-electron chi connectivity index (χ3n) is 3.49. The van der Waals surface area contributed by atoms with E-state index in [1.54, 1.807) is 0 Å². The Morgan fingerprint density at radius 2 is 1.95 bits per heavy atom. The molecule has 1 fully saturated rings. The first kappa shape index (κ1) is 16.7. The Kier molecular flexibility index (Phi) is 4.65. The molecular weight excluding hydrogens is 288 g/mol. The minimum Gasteiger partial charge on any atom is -0.480 e. The molecule has 20 heavy (non-hydrogen) atoms. The molecule has 3 N–H and O–H groups in total. The van der Waals surface area contributed by atoms with E-state index < -0.39 is 38.7 Å². The van der Waals surface area contributed by atoms with Crippen molar-refractivity contribution in [3.63, 3.8) is 0 Å². The van der Waals surface area contributed by atoms with Crippen LogP contribution in [0.2, 0.25) is 0 Å². The van der Waals surface area contributed by atoms with Crippen LogP contribution >= 0.6 is 0 Å². The Balaban J connectivity index is 2.70. The van der Waals surface area contributed by atoms with E-state index in [1.165, 1.54) is 13.8 Å². The lowest BCUT2D eigenvalue weighted by Gasteiger charge is -2.26. The van der Waals surface area contributed by atoms with Gasteiger partial charge in [0.15, 0.2) is 9.84 Å². The molecule has 0 aromatic carbocycles. The average Bonchev–Trinajstić information content (AvgIpc) is 2.67. The van der Waals surface area contributed by atoms with Crippen LogP contribution in [0.3, 0.4) is 0 Å². The van der Waals surface area contributed by atoms with Crippen LogP contribution in [0.15, 0.2) is 0 Å². The Morgan fingerprint density at radius 1 is 1.40 bits per heavy atom. The smallest absolute Gasteiger partial charge is 0.326 e. The maximum absolute atomic E-state index is 11.9. The van der Waals surface area contributed by atoms with E-state index in [4.69, 9.17) is 5.11 Å². The number of nitrogens with one attached hydrogen (secondary N) is 1. The van der Waals surface area contributed by atoms with Gasteiger partial charge in [-0.05, 0) is 13.8 Å². The summed E-state index contributed by atoms with van der Waals surface area (Å²) in [5, 5.41) is 20.8. The molecule has 1 heterocycles. The summed E-state index contributed by atoms with van der Waals surface area (Å²) in [6.07, 6.45) is 0.154. The molecule has 9 heteroatoms. The second-order valence-electron chi connectivity index (χ2n) is 5.59. The van der Waals surface area contributed by atoms with Crippen molar-refractivity contribution in [1.82, 2.24) is 10.2 Å². The van der Waals surface area contributed by atoms with Gasteiger partial charge in [-0.1, -0.05) is 0 Å². The Morgan fingerprint density at radius 3 is 2.40 bits per heavy atom. The van der Waals surface area contributed by atoms with Crippen molar-refractivity contribution < 1.29 is 28.2 Å². The molecule has 0 radical (unpaired) electrons. The van der Waals surface area contributed by atoms with Gasteiger partial charge in [-0.25, -0.2) is 18.0 Å². The summed E-state index contributed by atoms with van der Waals surface area (Å²) < 4.78 is 21.9. The number of sulfone groups is 1. The molecule has 2 amide bonds. The Labute approximate surface area is 117 Å². The van der Waals surface area contributed by atoms with E-state index in [9.17, 15) is 23.1 Å². The van der Waals surface area contributed by atoms with Crippen LogP contribution in [-0.4, -0.2) is 71.8 Å².